The highest BCUT2D eigenvalue weighted by molar-refractivity contribution is 4.87. The molecule has 1 saturated heterocycles. The Balaban J connectivity index is 1.54. The summed E-state index contributed by atoms with van der Waals surface area (Å²) in [5, 5.41) is 7.28. The molecule has 0 radical (unpaired) electrons. The van der Waals surface area contributed by atoms with Crippen LogP contribution in [-0.4, -0.2) is 25.2 Å². The molecule has 1 atom stereocenters. The second-order valence-corrected chi connectivity index (χ2v) is 6.05. The Morgan fingerprint density at radius 2 is 2.06 bits per heavy atom. The maximum atomic E-state index is 3.78. The van der Waals surface area contributed by atoms with Gasteiger partial charge in [0.05, 0.1) is 0 Å². The molecule has 0 spiro atoms. The molecule has 2 fully saturated rings. The van der Waals surface area contributed by atoms with Crippen LogP contribution >= 0.6 is 0 Å². The maximum Gasteiger partial charge on any atom is 0.0153 e. The van der Waals surface area contributed by atoms with Gasteiger partial charge >= 0.3 is 0 Å². The Hall–Kier alpha value is -0.0800. The van der Waals surface area contributed by atoms with Crippen molar-refractivity contribution in [2.24, 2.45) is 5.92 Å². The van der Waals surface area contributed by atoms with Crippen molar-refractivity contribution in [3.63, 3.8) is 0 Å². The summed E-state index contributed by atoms with van der Waals surface area (Å²) in [6.45, 7) is 6.14. The minimum absolute atomic E-state index is 0.477. The Morgan fingerprint density at radius 3 is 2.75 bits per heavy atom. The van der Waals surface area contributed by atoms with Crippen LogP contribution in [0.2, 0.25) is 0 Å². The quantitative estimate of drug-likeness (QED) is 0.702. The molecule has 16 heavy (non-hydrogen) atoms. The first-order valence-corrected chi connectivity index (χ1v) is 7.24. The van der Waals surface area contributed by atoms with Crippen LogP contribution in [-0.2, 0) is 0 Å². The lowest BCUT2D eigenvalue weighted by Crippen LogP contribution is -2.40. The Labute approximate surface area is 101 Å². The molecular weight excluding hydrogens is 196 g/mol. The molecule has 0 amide bonds. The number of piperidine rings is 1. The first kappa shape index (κ1) is 12.4. The fourth-order valence-electron chi connectivity index (χ4n) is 3.28. The zero-order chi connectivity index (χ0) is 11.3. The van der Waals surface area contributed by atoms with E-state index in [0.717, 1.165) is 5.92 Å². The Bertz CT molecular complexity index is 191. The van der Waals surface area contributed by atoms with Crippen molar-refractivity contribution >= 4 is 0 Å². The molecule has 2 aliphatic rings. The average molecular weight is 224 g/mol. The van der Waals surface area contributed by atoms with Gasteiger partial charge in [0, 0.05) is 5.54 Å². The standard InChI is InChI=1S/C14H28N2/c1-14(8-2-3-9-14)16-11-5-7-13-6-4-10-15-12-13/h13,15-16H,2-12H2,1H3. The lowest BCUT2D eigenvalue weighted by molar-refractivity contribution is 0.323. The average Bonchev–Trinajstić information content (AvgIpc) is 2.74. The second-order valence-electron chi connectivity index (χ2n) is 6.05. The molecule has 1 aliphatic heterocycles. The van der Waals surface area contributed by atoms with E-state index in [1.165, 1.54) is 71.0 Å². The van der Waals surface area contributed by atoms with Crippen LogP contribution in [0.1, 0.15) is 58.3 Å². The topological polar surface area (TPSA) is 24.1 Å². The monoisotopic (exact) mass is 224 g/mol. The SMILES string of the molecule is CC1(NCCCC2CCCNC2)CCCC1. The van der Waals surface area contributed by atoms with Crippen molar-refractivity contribution < 1.29 is 0 Å². The van der Waals surface area contributed by atoms with Crippen LogP contribution in [0, 0.1) is 5.92 Å². The minimum atomic E-state index is 0.477. The summed E-state index contributed by atoms with van der Waals surface area (Å²) >= 11 is 0. The molecule has 0 aromatic rings. The van der Waals surface area contributed by atoms with E-state index in [1.807, 2.05) is 0 Å². The van der Waals surface area contributed by atoms with E-state index in [0.29, 0.717) is 5.54 Å². The van der Waals surface area contributed by atoms with Crippen molar-refractivity contribution in [1.29, 1.82) is 0 Å². The first-order valence-electron chi connectivity index (χ1n) is 7.24. The summed E-state index contributed by atoms with van der Waals surface area (Å²) in [5.41, 5.74) is 0.477. The maximum absolute atomic E-state index is 3.78. The van der Waals surface area contributed by atoms with Crippen molar-refractivity contribution in [2.75, 3.05) is 19.6 Å². The molecular formula is C14H28N2. The minimum Gasteiger partial charge on any atom is -0.316 e. The summed E-state index contributed by atoms with van der Waals surface area (Å²) in [5.74, 6) is 0.951. The third-order valence-corrected chi connectivity index (χ3v) is 4.45. The summed E-state index contributed by atoms with van der Waals surface area (Å²) in [6.07, 6.45) is 11.2. The molecule has 0 aromatic carbocycles. The zero-order valence-corrected chi connectivity index (χ0v) is 10.9. The van der Waals surface area contributed by atoms with Gasteiger partial charge in [0.2, 0.25) is 0 Å². The summed E-state index contributed by atoms with van der Waals surface area (Å²) in [4.78, 5) is 0. The molecule has 1 heterocycles. The molecule has 2 heteroatoms. The molecule has 0 bridgehead atoms. The second kappa shape index (κ2) is 6.02. The predicted octanol–water partition coefficient (Wildman–Crippen LogP) is 2.69. The van der Waals surface area contributed by atoms with Crippen molar-refractivity contribution in [2.45, 2.75) is 63.8 Å². The van der Waals surface area contributed by atoms with Gasteiger partial charge in [-0.05, 0) is 71.0 Å². The number of hydrogen-bond donors (Lipinski definition) is 2. The number of hydrogen-bond acceptors (Lipinski definition) is 2. The van der Waals surface area contributed by atoms with Gasteiger partial charge in [0.15, 0.2) is 0 Å². The van der Waals surface area contributed by atoms with E-state index in [9.17, 15) is 0 Å². The van der Waals surface area contributed by atoms with Gasteiger partial charge in [-0.1, -0.05) is 12.8 Å². The van der Waals surface area contributed by atoms with Crippen molar-refractivity contribution in [1.82, 2.24) is 10.6 Å². The van der Waals surface area contributed by atoms with Gasteiger partial charge in [-0.3, -0.25) is 0 Å². The van der Waals surface area contributed by atoms with Gasteiger partial charge in [0.1, 0.15) is 0 Å². The largest absolute Gasteiger partial charge is 0.316 e. The summed E-state index contributed by atoms with van der Waals surface area (Å²) < 4.78 is 0. The van der Waals surface area contributed by atoms with E-state index in [4.69, 9.17) is 0 Å². The highest BCUT2D eigenvalue weighted by atomic mass is 15.0. The fourth-order valence-corrected chi connectivity index (χ4v) is 3.28. The van der Waals surface area contributed by atoms with Crippen LogP contribution < -0.4 is 10.6 Å². The van der Waals surface area contributed by atoms with Crippen LogP contribution in [0.5, 0.6) is 0 Å². The molecule has 2 rings (SSSR count). The van der Waals surface area contributed by atoms with Crippen LogP contribution in [0.25, 0.3) is 0 Å². The Morgan fingerprint density at radius 1 is 1.25 bits per heavy atom. The highest BCUT2D eigenvalue weighted by Gasteiger charge is 2.27. The van der Waals surface area contributed by atoms with E-state index >= 15 is 0 Å². The smallest absolute Gasteiger partial charge is 0.0153 e. The molecule has 0 aromatic heterocycles. The Kier molecular flexibility index (Phi) is 4.66. The summed E-state index contributed by atoms with van der Waals surface area (Å²) in [7, 11) is 0. The molecule has 1 aliphatic carbocycles. The number of rotatable bonds is 5. The zero-order valence-electron chi connectivity index (χ0n) is 10.9. The van der Waals surface area contributed by atoms with Gasteiger partial charge in [-0.2, -0.15) is 0 Å². The third kappa shape index (κ3) is 3.74. The van der Waals surface area contributed by atoms with Gasteiger partial charge < -0.3 is 10.6 Å². The van der Waals surface area contributed by atoms with E-state index in [-0.39, 0.29) is 0 Å². The third-order valence-electron chi connectivity index (χ3n) is 4.45. The van der Waals surface area contributed by atoms with Gasteiger partial charge in [0.25, 0.3) is 0 Å². The van der Waals surface area contributed by atoms with E-state index < -0.39 is 0 Å². The molecule has 1 unspecified atom stereocenters. The normalized spacial score (nSPS) is 29.4. The van der Waals surface area contributed by atoms with Crippen molar-refractivity contribution in [3.8, 4) is 0 Å². The molecule has 2 N–H and O–H groups in total. The van der Waals surface area contributed by atoms with E-state index in [2.05, 4.69) is 17.6 Å². The molecule has 1 saturated carbocycles. The van der Waals surface area contributed by atoms with Crippen molar-refractivity contribution in [3.05, 3.63) is 0 Å². The predicted molar refractivity (Wildman–Crippen MR) is 69.7 cm³/mol. The molecule has 94 valence electrons. The molecule has 2 nitrogen and oxygen atoms in total. The first-order chi connectivity index (χ1) is 7.79. The van der Waals surface area contributed by atoms with Gasteiger partial charge in [-0.25, -0.2) is 0 Å². The lowest BCUT2D eigenvalue weighted by atomic mass is 9.94. The number of nitrogens with one attached hydrogen (secondary N) is 2. The van der Waals surface area contributed by atoms with Crippen LogP contribution in [0.4, 0.5) is 0 Å². The highest BCUT2D eigenvalue weighted by Crippen LogP contribution is 2.28. The fraction of sp³-hybridized carbons (Fsp3) is 1.00. The van der Waals surface area contributed by atoms with Crippen LogP contribution in [0.3, 0.4) is 0 Å². The van der Waals surface area contributed by atoms with E-state index in [1.54, 1.807) is 0 Å². The van der Waals surface area contributed by atoms with Gasteiger partial charge in [-0.15, -0.1) is 0 Å². The van der Waals surface area contributed by atoms with Crippen LogP contribution in [0.15, 0.2) is 0 Å². The lowest BCUT2D eigenvalue weighted by Gasteiger charge is -2.27. The summed E-state index contributed by atoms with van der Waals surface area (Å²) in [6, 6.07) is 0.